The van der Waals surface area contributed by atoms with Gasteiger partial charge in [-0.3, -0.25) is 0 Å². The second-order valence-electron chi connectivity index (χ2n) is 3.83. The summed E-state index contributed by atoms with van der Waals surface area (Å²) in [6.45, 7) is 0. The van der Waals surface area contributed by atoms with E-state index in [0.717, 1.165) is 0 Å². The highest BCUT2D eigenvalue weighted by Gasteiger charge is 2.50. The van der Waals surface area contributed by atoms with E-state index < -0.39 is 22.9 Å². The molecule has 0 aliphatic heterocycles. The number of isocyanates is 1. The molecule has 1 fully saturated rings. The molecule has 0 amide bonds. The molecule has 4 nitrogen and oxygen atoms in total. The number of phenols is 1. The van der Waals surface area contributed by atoms with Gasteiger partial charge in [-0.15, -0.1) is 0 Å². The van der Waals surface area contributed by atoms with E-state index in [0.29, 0.717) is 18.9 Å². The maximum atomic E-state index is 13.5. The van der Waals surface area contributed by atoms with Crippen LogP contribution in [0.4, 0.5) is 8.78 Å². The molecule has 0 aromatic heterocycles. The van der Waals surface area contributed by atoms with Crippen molar-refractivity contribution in [3.63, 3.8) is 0 Å². The molecule has 1 aliphatic rings. The summed E-state index contributed by atoms with van der Waals surface area (Å²) >= 11 is 0. The van der Waals surface area contributed by atoms with Crippen LogP contribution in [0, 0.1) is 11.6 Å². The minimum absolute atomic E-state index is 0.124. The number of hydrogen-bond acceptors (Lipinski definition) is 4. The molecule has 1 aromatic carbocycles. The molecule has 1 aliphatic carbocycles. The predicted molar refractivity (Wildman–Crippen MR) is 53.6 cm³/mol. The van der Waals surface area contributed by atoms with Crippen LogP contribution in [-0.2, 0) is 10.3 Å². The molecule has 0 saturated heterocycles. The summed E-state index contributed by atoms with van der Waals surface area (Å²) in [6, 6.07) is 0.526. The van der Waals surface area contributed by atoms with Gasteiger partial charge in [0.2, 0.25) is 6.08 Å². The summed E-state index contributed by atoms with van der Waals surface area (Å²) in [6.07, 6.45) is 2.17. The second-order valence-corrected chi connectivity index (χ2v) is 3.83. The molecule has 0 bridgehead atoms. The van der Waals surface area contributed by atoms with Gasteiger partial charge in [-0.05, 0) is 12.8 Å². The van der Waals surface area contributed by atoms with E-state index in [1.54, 1.807) is 0 Å². The van der Waals surface area contributed by atoms with Crippen molar-refractivity contribution in [2.75, 3.05) is 7.11 Å². The molecule has 90 valence electrons. The number of halogens is 2. The Morgan fingerprint density at radius 3 is 2.59 bits per heavy atom. The minimum atomic E-state index is -1.11. The number of aromatic hydroxyl groups is 1. The van der Waals surface area contributed by atoms with Crippen molar-refractivity contribution in [3.8, 4) is 11.5 Å². The van der Waals surface area contributed by atoms with Crippen molar-refractivity contribution >= 4 is 6.08 Å². The fraction of sp³-hybridized carbons (Fsp3) is 0.364. The van der Waals surface area contributed by atoms with E-state index in [9.17, 15) is 18.7 Å². The summed E-state index contributed by atoms with van der Waals surface area (Å²) in [5, 5.41) is 9.62. The normalized spacial score (nSPS) is 16.2. The van der Waals surface area contributed by atoms with Crippen LogP contribution in [0.1, 0.15) is 18.4 Å². The lowest BCUT2D eigenvalue weighted by Gasteiger charge is -2.16. The number of phenolic OH excluding ortho intramolecular Hbond substituents is 1. The Morgan fingerprint density at radius 2 is 2.12 bits per heavy atom. The van der Waals surface area contributed by atoms with Gasteiger partial charge in [0.1, 0.15) is 5.54 Å². The monoisotopic (exact) mass is 241 g/mol. The molecule has 6 heteroatoms. The van der Waals surface area contributed by atoms with Crippen LogP contribution in [0.5, 0.6) is 11.5 Å². The number of methoxy groups -OCH3 is 1. The van der Waals surface area contributed by atoms with Gasteiger partial charge in [0.05, 0.1) is 12.7 Å². The molecule has 0 unspecified atom stereocenters. The van der Waals surface area contributed by atoms with E-state index in [4.69, 9.17) is 4.74 Å². The Hall–Kier alpha value is -1.94. The molecule has 1 N–H and O–H groups in total. The molecule has 0 radical (unpaired) electrons. The van der Waals surface area contributed by atoms with Crippen molar-refractivity contribution in [1.29, 1.82) is 0 Å². The highest BCUT2D eigenvalue weighted by Crippen LogP contribution is 2.56. The quantitative estimate of drug-likeness (QED) is 0.650. The van der Waals surface area contributed by atoms with Gasteiger partial charge < -0.3 is 9.84 Å². The summed E-state index contributed by atoms with van der Waals surface area (Å²) < 4.78 is 31.5. The maximum Gasteiger partial charge on any atom is 0.235 e. The Bertz CT molecular complexity index is 520. The van der Waals surface area contributed by atoms with Crippen LogP contribution in [0.15, 0.2) is 11.1 Å². The third-order valence-corrected chi connectivity index (χ3v) is 2.81. The Kier molecular flexibility index (Phi) is 2.59. The number of rotatable bonds is 3. The van der Waals surface area contributed by atoms with Crippen molar-refractivity contribution in [2.24, 2.45) is 4.99 Å². The van der Waals surface area contributed by atoms with E-state index in [1.165, 1.54) is 13.2 Å². The molecule has 17 heavy (non-hydrogen) atoms. The molecule has 2 rings (SSSR count). The predicted octanol–water partition coefficient (Wildman–Crippen LogP) is 2.00. The van der Waals surface area contributed by atoms with E-state index >= 15 is 0 Å². The molecular weight excluding hydrogens is 232 g/mol. The summed E-state index contributed by atoms with van der Waals surface area (Å²) in [4.78, 5) is 13.8. The number of aliphatic imine (C=N–C) groups is 1. The highest BCUT2D eigenvalue weighted by molar-refractivity contribution is 5.55. The van der Waals surface area contributed by atoms with Gasteiger partial charge in [-0.2, -0.15) is 4.99 Å². The highest BCUT2D eigenvalue weighted by atomic mass is 19.1. The minimum Gasteiger partial charge on any atom is -0.504 e. The zero-order valence-electron chi connectivity index (χ0n) is 8.96. The van der Waals surface area contributed by atoms with Crippen LogP contribution in [0.25, 0.3) is 0 Å². The van der Waals surface area contributed by atoms with Crippen molar-refractivity contribution in [1.82, 2.24) is 0 Å². The van der Waals surface area contributed by atoms with E-state index in [-0.39, 0.29) is 11.3 Å². The number of benzene rings is 1. The number of hydrogen-bond donors (Lipinski definition) is 1. The average Bonchev–Trinajstić information content (AvgIpc) is 3.04. The molecule has 0 spiro atoms. The van der Waals surface area contributed by atoms with Gasteiger partial charge >= 0.3 is 0 Å². The van der Waals surface area contributed by atoms with Gasteiger partial charge in [-0.25, -0.2) is 13.6 Å². The first-order valence-electron chi connectivity index (χ1n) is 4.90. The third-order valence-electron chi connectivity index (χ3n) is 2.81. The lowest BCUT2D eigenvalue weighted by molar-refractivity contribution is 0.354. The second kappa shape index (κ2) is 3.82. The van der Waals surface area contributed by atoms with Crippen molar-refractivity contribution in [3.05, 3.63) is 23.3 Å². The average molecular weight is 241 g/mol. The van der Waals surface area contributed by atoms with Gasteiger partial charge in [-0.1, -0.05) is 0 Å². The first kappa shape index (κ1) is 11.5. The SMILES string of the molecule is COc1c(F)cc(F)c(O)c1C1(N=C=O)CC1. The van der Waals surface area contributed by atoms with Gasteiger partial charge in [0.15, 0.2) is 23.1 Å². The molecular formula is C11H9F2NO3. The van der Waals surface area contributed by atoms with Gasteiger partial charge in [0.25, 0.3) is 0 Å². The van der Waals surface area contributed by atoms with E-state index in [1.807, 2.05) is 0 Å². The summed E-state index contributed by atoms with van der Waals surface area (Å²) in [7, 11) is 1.19. The number of carbonyl (C=O) groups excluding carboxylic acids is 1. The van der Waals surface area contributed by atoms with Crippen LogP contribution >= 0.6 is 0 Å². The number of ether oxygens (including phenoxy) is 1. The van der Waals surface area contributed by atoms with Crippen LogP contribution < -0.4 is 4.74 Å². The van der Waals surface area contributed by atoms with Crippen LogP contribution in [0.2, 0.25) is 0 Å². The van der Waals surface area contributed by atoms with Crippen LogP contribution in [0.3, 0.4) is 0 Å². The lowest BCUT2D eigenvalue weighted by atomic mass is 10.0. The standard InChI is InChI=1S/C11H9F2NO3/c1-17-10-7(13)4-6(12)9(16)8(10)11(2-3-11)14-5-15/h4,16H,2-3H2,1H3. The molecule has 1 saturated carbocycles. The first-order chi connectivity index (χ1) is 8.05. The summed E-state index contributed by atoms with van der Waals surface area (Å²) in [5.74, 6) is -3.07. The lowest BCUT2D eigenvalue weighted by Crippen LogP contribution is -2.08. The number of nitrogens with zero attached hydrogens (tertiary/aromatic N) is 1. The Morgan fingerprint density at radius 1 is 1.47 bits per heavy atom. The molecule has 0 atom stereocenters. The third kappa shape index (κ3) is 1.66. The zero-order valence-corrected chi connectivity index (χ0v) is 8.96. The van der Waals surface area contributed by atoms with E-state index in [2.05, 4.69) is 4.99 Å². The smallest absolute Gasteiger partial charge is 0.235 e. The van der Waals surface area contributed by atoms with Crippen molar-refractivity contribution in [2.45, 2.75) is 18.4 Å². The Balaban J connectivity index is 2.71. The topological polar surface area (TPSA) is 58.9 Å². The molecule has 0 heterocycles. The van der Waals surface area contributed by atoms with Gasteiger partial charge in [0, 0.05) is 6.07 Å². The fourth-order valence-electron chi connectivity index (χ4n) is 1.85. The first-order valence-corrected chi connectivity index (χ1v) is 4.90. The Labute approximate surface area is 95.5 Å². The molecule has 1 aromatic rings. The van der Waals surface area contributed by atoms with Crippen LogP contribution in [-0.4, -0.2) is 18.3 Å². The largest absolute Gasteiger partial charge is 0.504 e. The zero-order chi connectivity index (χ0) is 12.6. The maximum absolute atomic E-state index is 13.5. The summed E-state index contributed by atoms with van der Waals surface area (Å²) in [5.41, 5.74) is -1.22. The van der Waals surface area contributed by atoms with Crippen molar-refractivity contribution < 1.29 is 23.4 Å². The fourth-order valence-corrected chi connectivity index (χ4v) is 1.85.